The van der Waals surface area contributed by atoms with Crippen molar-refractivity contribution >= 4 is 16.0 Å². The van der Waals surface area contributed by atoms with Crippen LogP contribution in [0.4, 0.5) is 0 Å². The second kappa shape index (κ2) is 7.53. The molecule has 1 rings (SSSR count). The van der Waals surface area contributed by atoms with Crippen molar-refractivity contribution in [3.8, 4) is 0 Å². The third kappa shape index (κ3) is 5.11. The molecule has 0 aliphatic heterocycles. The van der Waals surface area contributed by atoms with Gasteiger partial charge in [-0.1, -0.05) is 32.0 Å². The van der Waals surface area contributed by atoms with Crippen molar-refractivity contribution in [3.63, 3.8) is 0 Å². The lowest BCUT2D eigenvalue weighted by Crippen LogP contribution is -2.41. The van der Waals surface area contributed by atoms with Gasteiger partial charge in [-0.25, -0.2) is 8.42 Å². The normalized spacial score (nSPS) is 13.3. The topological polar surface area (TPSA) is 92.7 Å². The average Bonchev–Trinajstić information content (AvgIpc) is 2.38. The number of methoxy groups -OCH3 is 1. The number of carboxylic acid groups (broad SMARTS) is 1. The standard InChI is InChI=1S/C14H21NO5S/c1-10(2)8-12(14(16)17)15-21(18,19)13-7-5-4-6-11(13)9-20-3/h4-7,10,12,15H,8-9H2,1-3H3,(H,16,17)/t12-/m0/s1. The zero-order valence-corrected chi connectivity index (χ0v) is 13.2. The first-order valence-electron chi connectivity index (χ1n) is 6.60. The number of sulfonamides is 1. The predicted molar refractivity (Wildman–Crippen MR) is 78.4 cm³/mol. The Morgan fingerprint density at radius 2 is 1.95 bits per heavy atom. The van der Waals surface area contributed by atoms with E-state index in [-0.39, 0.29) is 23.8 Å². The van der Waals surface area contributed by atoms with Crippen LogP contribution in [-0.2, 0) is 26.2 Å². The molecular weight excluding hydrogens is 294 g/mol. The van der Waals surface area contributed by atoms with Crippen LogP contribution in [0.3, 0.4) is 0 Å². The van der Waals surface area contributed by atoms with Gasteiger partial charge in [-0.3, -0.25) is 4.79 Å². The largest absolute Gasteiger partial charge is 0.480 e. The Labute approximate surface area is 125 Å². The first-order valence-corrected chi connectivity index (χ1v) is 8.08. The number of nitrogens with one attached hydrogen (secondary N) is 1. The highest BCUT2D eigenvalue weighted by atomic mass is 32.2. The number of aliphatic carboxylic acids is 1. The Bertz CT molecular complexity index is 583. The molecule has 0 aliphatic carbocycles. The maximum atomic E-state index is 12.4. The Morgan fingerprint density at radius 1 is 1.33 bits per heavy atom. The summed E-state index contributed by atoms with van der Waals surface area (Å²) in [7, 11) is -2.45. The van der Waals surface area contributed by atoms with E-state index in [0.29, 0.717) is 5.56 Å². The van der Waals surface area contributed by atoms with Crippen molar-refractivity contribution in [2.24, 2.45) is 5.92 Å². The van der Waals surface area contributed by atoms with Crippen molar-refractivity contribution < 1.29 is 23.1 Å². The molecule has 1 aromatic carbocycles. The Hall–Kier alpha value is -1.44. The van der Waals surface area contributed by atoms with Gasteiger partial charge in [0.2, 0.25) is 10.0 Å². The second-order valence-electron chi connectivity index (χ2n) is 5.18. The van der Waals surface area contributed by atoms with Crippen LogP contribution in [0.1, 0.15) is 25.8 Å². The minimum atomic E-state index is -3.91. The van der Waals surface area contributed by atoms with Crippen LogP contribution in [0, 0.1) is 5.92 Å². The van der Waals surface area contributed by atoms with Gasteiger partial charge in [-0.15, -0.1) is 0 Å². The first-order chi connectivity index (χ1) is 9.77. The van der Waals surface area contributed by atoms with Gasteiger partial charge in [0.1, 0.15) is 6.04 Å². The summed E-state index contributed by atoms with van der Waals surface area (Å²) in [6.45, 7) is 3.81. The molecule has 1 atom stereocenters. The van der Waals surface area contributed by atoms with E-state index in [2.05, 4.69) is 4.72 Å². The number of ether oxygens (including phenoxy) is 1. The molecule has 0 bridgehead atoms. The third-order valence-corrected chi connectivity index (χ3v) is 4.44. The molecule has 0 amide bonds. The van der Waals surface area contributed by atoms with Gasteiger partial charge in [0.05, 0.1) is 11.5 Å². The van der Waals surface area contributed by atoms with Crippen molar-refractivity contribution in [1.29, 1.82) is 0 Å². The molecule has 6 nitrogen and oxygen atoms in total. The summed E-state index contributed by atoms with van der Waals surface area (Å²) in [5.41, 5.74) is 0.487. The molecule has 0 saturated carbocycles. The minimum Gasteiger partial charge on any atom is -0.480 e. The predicted octanol–water partition coefficient (Wildman–Crippen LogP) is 1.61. The van der Waals surface area contributed by atoms with E-state index in [4.69, 9.17) is 9.84 Å². The van der Waals surface area contributed by atoms with Gasteiger partial charge in [0.15, 0.2) is 0 Å². The second-order valence-corrected chi connectivity index (χ2v) is 6.86. The molecule has 0 fully saturated rings. The summed E-state index contributed by atoms with van der Waals surface area (Å²) in [6, 6.07) is 5.22. The highest BCUT2D eigenvalue weighted by molar-refractivity contribution is 7.89. The quantitative estimate of drug-likeness (QED) is 0.760. The van der Waals surface area contributed by atoms with Crippen LogP contribution in [-0.4, -0.2) is 32.6 Å². The monoisotopic (exact) mass is 315 g/mol. The molecule has 0 aliphatic rings. The lowest BCUT2D eigenvalue weighted by Gasteiger charge is -2.18. The molecule has 2 N–H and O–H groups in total. The molecule has 118 valence electrons. The maximum Gasteiger partial charge on any atom is 0.321 e. The first kappa shape index (κ1) is 17.6. The van der Waals surface area contributed by atoms with Crippen LogP contribution < -0.4 is 4.72 Å². The van der Waals surface area contributed by atoms with Crippen LogP contribution in [0.15, 0.2) is 29.2 Å². The fraction of sp³-hybridized carbons (Fsp3) is 0.500. The zero-order chi connectivity index (χ0) is 16.0. The molecule has 0 heterocycles. The van der Waals surface area contributed by atoms with Crippen molar-refractivity contribution in [2.45, 2.75) is 37.8 Å². The van der Waals surface area contributed by atoms with Gasteiger partial charge in [-0.2, -0.15) is 4.72 Å². The number of benzene rings is 1. The molecule has 7 heteroatoms. The van der Waals surface area contributed by atoms with E-state index >= 15 is 0 Å². The molecule has 0 aromatic heterocycles. The molecular formula is C14H21NO5S. The minimum absolute atomic E-state index is 0.0434. The van der Waals surface area contributed by atoms with Crippen LogP contribution in [0.2, 0.25) is 0 Å². The Kier molecular flexibility index (Phi) is 6.32. The highest BCUT2D eigenvalue weighted by Gasteiger charge is 2.27. The SMILES string of the molecule is COCc1ccccc1S(=O)(=O)N[C@@H](CC(C)C)C(=O)O. The molecule has 0 radical (unpaired) electrons. The van der Waals surface area contributed by atoms with E-state index in [1.54, 1.807) is 18.2 Å². The van der Waals surface area contributed by atoms with Crippen molar-refractivity contribution in [3.05, 3.63) is 29.8 Å². The summed E-state index contributed by atoms with van der Waals surface area (Å²) in [4.78, 5) is 11.2. The van der Waals surface area contributed by atoms with Crippen LogP contribution >= 0.6 is 0 Å². The maximum absolute atomic E-state index is 12.4. The molecule has 0 saturated heterocycles. The van der Waals surface area contributed by atoms with Gasteiger partial charge in [0, 0.05) is 7.11 Å². The van der Waals surface area contributed by atoms with Crippen molar-refractivity contribution in [1.82, 2.24) is 4.72 Å². The summed E-state index contributed by atoms with van der Waals surface area (Å²) < 4.78 is 32.0. The van der Waals surface area contributed by atoms with E-state index < -0.39 is 22.0 Å². The van der Waals surface area contributed by atoms with Gasteiger partial charge >= 0.3 is 5.97 Å². The summed E-state index contributed by atoms with van der Waals surface area (Å²) in [5, 5.41) is 9.15. The average molecular weight is 315 g/mol. The van der Waals surface area contributed by atoms with Crippen LogP contribution in [0.5, 0.6) is 0 Å². The molecule has 21 heavy (non-hydrogen) atoms. The number of carbonyl (C=O) groups is 1. The zero-order valence-electron chi connectivity index (χ0n) is 12.4. The number of hydrogen-bond acceptors (Lipinski definition) is 4. The fourth-order valence-electron chi connectivity index (χ4n) is 1.96. The van der Waals surface area contributed by atoms with Gasteiger partial charge in [0.25, 0.3) is 0 Å². The smallest absolute Gasteiger partial charge is 0.321 e. The molecule has 0 spiro atoms. The summed E-state index contributed by atoms with van der Waals surface area (Å²) >= 11 is 0. The number of hydrogen-bond donors (Lipinski definition) is 2. The van der Waals surface area contributed by atoms with Crippen molar-refractivity contribution in [2.75, 3.05) is 7.11 Å². The lowest BCUT2D eigenvalue weighted by atomic mass is 10.1. The number of carboxylic acids is 1. The van der Waals surface area contributed by atoms with E-state index in [1.165, 1.54) is 13.2 Å². The molecule has 0 unspecified atom stereocenters. The van der Waals surface area contributed by atoms with E-state index in [0.717, 1.165) is 0 Å². The third-order valence-electron chi connectivity index (χ3n) is 2.86. The van der Waals surface area contributed by atoms with E-state index in [9.17, 15) is 13.2 Å². The highest BCUT2D eigenvalue weighted by Crippen LogP contribution is 2.17. The Balaban J connectivity index is 3.07. The molecule has 1 aromatic rings. The van der Waals surface area contributed by atoms with Gasteiger partial charge in [-0.05, 0) is 24.0 Å². The summed E-state index contributed by atoms with van der Waals surface area (Å²) in [5.74, 6) is -1.13. The fourth-order valence-corrected chi connectivity index (χ4v) is 3.39. The van der Waals surface area contributed by atoms with Crippen LogP contribution in [0.25, 0.3) is 0 Å². The summed E-state index contributed by atoms with van der Waals surface area (Å²) in [6.07, 6.45) is 0.223. The van der Waals surface area contributed by atoms with E-state index in [1.807, 2.05) is 13.8 Å². The van der Waals surface area contributed by atoms with Gasteiger partial charge < -0.3 is 9.84 Å². The Morgan fingerprint density at radius 3 is 2.48 bits per heavy atom. The number of rotatable bonds is 8. The lowest BCUT2D eigenvalue weighted by molar-refractivity contribution is -0.139.